The van der Waals surface area contributed by atoms with Crippen molar-refractivity contribution in [2.45, 2.75) is 24.0 Å². The van der Waals surface area contributed by atoms with Crippen LogP contribution in [0.15, 0.2) is 76.2 Å². The average Bonchev–Trinajstić information content (AvgIpc) is 3.10. The number of hydrogen-bond acceptors (Lipinski definition) is 4. The lowest BCUT2D eigenvalue weighted by Crippen LogP contribution is -2.14. The number of rotatable bonds is 6. The van der Waals surface area contributed by atoms with E-state index in [1.54, 1.807) is 30.3 Å². The van der Waals surface area contributed by atoms with E-state index in [2.05, 4.69) is 12.2 Å². The Bertz CT molecular complexity index is 990. The summed E-state index contributed by atoms with van der Waals surface area (Å²) in [4.78, 5) is 12.7. The number of nitrogens with one attached hydrogen (secondary N) is 1. The van der Waals surface area contributed by atoms with Crippen molar-refractivity contribution in [1.82, 2.24) is 0 Å². The van der Waals surface area contributed by atoms with Gasteiger partial charge in [-0.05, 0) is 42.3 Å². The normalized spacial score (nSPS) is 11.3. The fourth-order valence-electron chi connectivity index (χ4n) is 2.58. The highest BCUT2D eigenvalue weighted by molar-refractivity contribution is 7.90. The number of aryl methyl sites for hydroxylation is 1. The number of sulfone groups is 1. The van der Waals surface area contributed by atoms with Crippen LogP contribution in [0.1, 0.15) is 28.6 Å². The maximum Gasteiger partial charge on any atom is 0.291 e. The van der Waals surface area contributed by atoms with E-state index in [9.17, 15) is 13.2 Å². The van der Waals surface area contributed by atoms with Gasteiger partial charge in [-0.15, -0.1) is 0 Å². The first kappa shape index (κ1) is 17.9. The molecule has 3 aromatic rings. The number of anilines is 1. The van der Waals surface area contributed by atoms with Gasteiger partial charge in [0.2, 0.25) is 0 Å². The van der Waals surface area contributed by atoms with Crippen molar-refractivity contribution < 1.29 is 17.6 Å². The van der Waals surface area contributed by atoms with Crippen LogP contribution in [-0.2, 0) is 22.0 Å². The lowest BCUT2D eigenvalue weighted by atomic mass is 10.1. The third-order valence-electron chi connectivity index (χ3n) is 4.02. The molecular weight excluding hydrogens is 350 g/mol. The van der Waals surface area contributed by atoms with Crippen molar-refractivity contribution >= 4 is 21.4 Å². The molecule has 0 unspecified atom stereocenters. The van der Waals surface area contributed by atoms with Gasteiger partial charge in [0.1, 0.15) is 0 Å². The zero-order valence-electron chi connectivity index (χ0n) is 14.3. The molecule has 134 valence electrons. The molecule has 26 heavy (non-hydrogen) atoms. The number of carbonyl (C=O) groups excluding carboxylic acids is 1. The second kappa shape index (κ2) is 7.58. The molecule has 0 bridgehead atoms. The smallest absolute Gasteiger partial charge is 0.291 e. The lowest BCUT2D eigenvalue weighted by molar-refractivity contribution is 0.0996. The Balaban J connectivity index is 1.78. The van der Waals surface area contributed by atoms with Crippen LogP contribution in [0.25, 0.3) is 0 Å². The molecule has 1 amide bonds. The zero-order valence-corrected chi connectivity index (χ0v) is 15.1. The molecule has 0 atom stereocenters. The minimum atomic E-state index is -3.56. The first-order valence-corrected chi connectivity index (χ1v) is 9.89. The van der Waals surface area contributed by atoms with Gasteiger partial charge in [-0.1, -0.05) is 37.3 Å². The third-order valence-corrected chi connectivity index (χ3v) is 5.70. The Morgan fingerprint density at radius 1 is 1.00 bits per heavy atom. The minimum Gasteiger partial charge on any atom is -0.459 e. The second-order valence-corrected chi connectivity index (χ2v) is 7.84. The molecule has 1 N–H and O–H groups in total. The van der Waals surface area contributed by atoms with Crippen LogP contribution in [0.5, 0.6) is 0 Å². The Morgan fingerprint density at radius 3 is 2.35 bits per heavy atom. The molecule has 0 aliphatic rings. The number of furan rings is 1. The standard InChI is InChI=1S/C20H19NO4S/c1-2-15-8-10-17(11-9-15)21-20(22)19-16(12-13-25-19)14-26(23,24)18-6-4-3-5-7-18/h3-13H,2,14H2,1H3,(H,21,22). The van der Waals surface area contributed by atoms with Gasteiger partial charge in [-0.25, -0.2) is 8.42 Å². The molecule has 0 fully saturated rings. The quantitative estimate of drug-likeness (QED) is 0.711. The predicted octanol–water partition coefficient (Wildman–Crippen LogP) is 4.07. The van der Waals surface area contributed by atoms with Gasteiger partial charge >= 0.3 is 0 Å². The molecule has 5 nitrogen and oxygen atoms in total. The highest BCUT2D eigenvalue weighted by Gasteiger charge is 2.22. The molecule has 2 aromatic carbocycles. The number of carbonyl (C=O) groups is 1. The van der Waals surface area contributed by atoms with Crippen LogP contribution in [0.2, 0.25) is 0 Å². The Morgan fingerprint density at radius 2 is 1.69 bits per heavy atom. The monoisotopic (exact) mass is 369 g/mol. The molecular formula is C20H19NO4S. The maximum absolute atomic E-state index is 12.5. The first-order valence-electron chi connectivity index (χ1n) is 8.24. The van der Waals surface area contributed by atoms with E-state index in [0.717, 1.165) is 12.0 Å². The average molecular weight is 369 g/mol. The predicted molar refractivity (Wildman–Crippen MR) is 99.8 cm³/mol. The van der Waals surface area contributed by atoms with E-state index in [4.69, 9.17) is 4.42 Å². The molecule has 0 spiro atoms. The van der Waals surface area contributed by atoms with Crippen LogP contribution < -0.4 is 5.32 Å². The molecule has 6 heteroatoms. The van der Waals surface area contributed by atoms with E-state index < -0.39 is 15.7 Å². The number of amides is 1. The fraction of sp³-hybridized carbons (Fsp3) is 0.150. The molecule has 0 radical (unpaired) electrons. The van der Waals surface area contributed by atoms with E-state index in [1.807, 2.05) is 12.1 Å². The summed E-state index contributed by atoms with van der Waals surface area (Å²) in [7, 11) is -3.56. The van der Waals surface area contributed by atoms with Gasteiger partial charge in [0.25, 0.3) is 5.91 Å². The summed E-state index contributed by atoms with van der Waals surface area (Å²) >= 11 is 0. The number of benzene rings is 2. The highest BCUT2D eigenvalue weighted by atomic mass is 32.2. The minimum absolute atomic E-state index is 0.00377. The van der Waals surface area contributed by atoms with E-state index in [0.29, 0.717) is 11.3 Å². The molecule has 1 aromatic heterocycles. The summed E-state index contributed by atoms with van der Waals surface area (Å²) in [5, 5.41) is 2.73. The van der Waals surface area contributed by atoms with Gasteiger partial charge in [0.15, 0.2) is 15.6 Å². The van der Waals surface area contributed by atoms with Gasteiger partial charge in [0, 0.05) is 11.3 Å². The fourth-order valence-corrected chi connectivity index (χ4v) is 3.95. The molecule has 3 rings (SSSR count). The van der Waals surface area contributed by atoms with Gasteiger partial charge in [-0.3, -0.25) is 4.79 Å². The summed E-state index contributed by atoms with van der Waals surface area (Å²) in [5.74, 6) is -0.771. The van der Waals surface area contributed by atoms with Gasteiger partial charge < -0.3 is 9.73 Å². The highest BCUT2D eigenvalue weighted by Crippen LogP contribution is 2.21. The second-order valence-electron chi connectivity index (χ2n) is 5.85. The van der Waals surface area contributed by atoms with E-state index >= 15 is 0 Å². The number of hydrogen-bond donors (Lipinski definition) is 1. The van der Waals surface area contributed by atoms with Gasteiger partial charge in [-0.2, -0.15) is 0 Å². The van der Waals surface area contributed by atoms with Crippen LogP contribution >= 0.6 is 0 Å². The van der Waals surface area contributed by atoms with Gasteiger partial charge in [0.05, 0.1) is 16.9 Å². The molecule has 0 saturated carbocycles. The van der Waals surface area contributed by atoms with Crippen LogP contribution in [-0.4, -0.2) is 14.3 Å². The Labute approximate surface area is 152 Å². The van der Waals surface area contributed by atoms with Crippen molar-refractivity contribution in [2.75, 3.05) is 5.32 Å². The van der Waals surface area contributed by atoms with Crippen molar-refractivity contribution in [3.8, 4) is 0 Å². The topological polar surface area (TPSA) is 76.4 Å². The molecule has 1 heterocycles. The van der Waals surface area contributed by atoms with E-state index in [-0.39, 0.29) is 16.4 Å². The largest absolute Gasteiger partial charge is 0.459 e. The van der Waals surface area contributed by atoms with Crippen LogP contribution in [0, 0.1) is 0 Å². The summed E-state index contributed by atoms with van der Waals surface area (Å²) in [6.45, 7) is 2.05. The summed E-state index contributed by atoms with van der Waals surface area (Å²) < 4.78 is 30.3. The van der Waals surface area contributed by atoms with Crippen molar-refractivity contribution in [1.29, 1.82) is 0 Å². The molecule has 0 aliphatic heterocycles. The SMILES string of the molecule is CCc1ccc(NC(=O)c2occc2CS(=O)(=O)c2ccccc2)cc1. The summed E-state index contributed by atoms with van der Waals surface area (Å²) in [6.07, 6.45) is 2.23. The third kappa shape index (κ3) is 4.03. The summed E-state index contributed by atoms with van der Waals surface area (Å²) in [6, 6.07) is 17.1. The zero-order chi connectivity index (χ0) is 18.6. The Kier molecular flexibility index (Phi) is 5.23. The molecule has 0 saturated heterocycles. The summed E-state index contributed by atoms with van der Waals surface area (Å²) in [5.41, 5.74) is 2.12. The van der Waals surface area contributed by atoms with Crippen molar-refractivity contribution in [3.63, 3.8) is 0 Å². The molecule has 0 aliphatic carbocycles. The van der Waals surface area contributed by atoms with Crippen molar-refractivity contribution in [2.24, 2.45) is 0 Å². The van der Waals surface area contributed by atoms with E-state index in [1.165, 1.54) is 24.5 Å². The Hall–Kier alpha value is -2.86. The van der Waals surface area contributed by atoms with Crippen LogP contribution in [0.3, 0.4) is 0 Å². The maximum atomic E-state index is 12.5. The van der Waals surface area contributed by atoms with Crippen molar-refractivity contribution in [3.05, 3.63) is 83.8 Å². The lowest BCUT2D eigenvalue weighted by Gasteiger charge is -2.07. The van der Waals surface area contributed by atoms with Crippen LogP contribution in [0.4, 0.5) is 5.69 Å². The first-order chi connectivity index (χ1) is 12.5.